The smallest absolute Gasteiger partial charge is 0.130 e. The van der Waals surface area contributed by atoms with Gasteiger partial charge in [-0.05, 0) is 36.8 Å². The number of hydrogen-bond acceptors (Lipinski definition) is 2. The highest BCUT2D eigenvalue weighted by molar-refractivity contribution is 5.48. The monoisotopic (exact) mass is 263 g/mol. The van der Waals surface area contributed by atoms with E-state index < -0.39 is 0 Å². The quantitative estimate of drug-likeness (QED) is 0.732. The molecule has 0 saturated carbocycles. The molecular weight excluding hydrogens is 246 g/mol. The van der Waals surface area contributed by atoms with E-state index in [9.17, 15) is 0 Å². The van der Waals surface area contributed by atoms with Crippen molar-refractivity contribution in [3.05, 3.63) is 89.9 Å². The molecule has 3 rings (SSSR count). The first-order valence-electron chi connectivity index (χ1n) is 6.74. The van der Waals surface area contributed by atoms with Crippen LogP contribution < -0.4 is 5.32 Å². The van der Waals surface area contributed by atoms with Crippen molar-refractivity contribution < 1.29 is 4.42 Å². The summed E-state index contributed by atoms with van der Waals surface area (Å²) >= 11 is 0. The molecule has 0 spiro atoms. The van der Waals surface area contributed by atoms with Gasteiger partial charge in [0.1, 0.15) is 11.8 Å². The Morgan fingerprint density at radius 2 is 1.60 bits per heavy atom. The first-order valence-corrected chi connectivity index (χ1v) is 6.74. The Kier molecular flexibility index (Phi) is 3.55. The van der Waals surface area contributed by atoms with Crippen LogP contribution in [0.3, 0.4) is 0 Å². The maximum absolute atomic E-state index is 5.58. The van der Waals surface area contributed by atoms with Crippen molar-refractivity contribution in [3.8, 4) is 0 Å². The largest absolute Gasteiger partial charge is 0.467 e. The molecule has 0 fully saturated rings. The van der Waals surface area contributed by atoms with E-state index in [1.165, 1.54) is 11.1 Å². The minimum Gasteiger partial charge on any atom is -0.467 e. The third kappa shape index (κ3) is 2.75. The van der Waals surface area contributed by atoms with Crippen LogP contribution in [-0.2, 0) is 0 Å². The predicted molar refractivity (Wildman–Crippen MR) is 81.8 cm³/mol. The molecule has 2 nitrogen and oxygen atoms in total. The fourth-order valence-corrected chi connectivity index (χ4v) is 2.24. The molecule has 2 aromatic carbocycles. The first-order chi connectivity index (χ1) is 9.83. The second-order valence-corrected chi connectivity index (χ2v) is 4.87. The molecule has 1 unspecified atom stereocenters. The van der Waals surface area contributed by atoms with Crippen LogP contribution in [0.1, 0.15) is 22.9 Å². The molecule has 1 N–H and O–H groups in total. The van der Waals surface area contributed by atoms with Crippen LogP contribution >= 0.6 is 0 Å². The van der Waals surface area contributed by atoms with Gasteiger partial charge in [0.15, 0.2) is 0 Å². The van der Waals surface area contributed by atoms with Gasteiger partial charge in [-0.3, -0.25) is 0 Å². The lowest BCUT2D eigenvalue weighted by Crippen LogP contribution is -2.11. The summed E-state index contributed by atoms with van der Waals surface area (Å²) in [6.45, 7) is 2.09. The summed E-state index contributed by atoms with van der Waals surface area (Å²) in [4.78, 5) is 0. The SMILES string of the molecule is Cc1ccc(NC(c2ccccc2)c2ccco2)cc1. The number of aryl methyl sites for hydroxylation is 1. The Bertz CT molecular complexity index is 642. The summed E-state index contributed by atoms with van der Waals surface area (Å²) in [7, 11) is 0. The Balaban J connectivity index is 1.92. The molecular formula is C18H17NO. The van der Waals surface area contributed by atoms with E-state index in [1.54, 1.807) is 6.26 Å². The average molecular weight is 263 g/mol. The minimum absolute atomic E-state index is 0.0221. The van der Waals surface area contributed by atoms with E-state index in [1.807, 2.05) is 30.3 Å². The predicted octanol–water partition coefficient (Wildman–Crippen LogP) is 4.79. The zero-order valence-corrected chi connectivity index (χ0v) is 11.4. The molecule has 0 aliphatic heterocycles. The molecule has 1 atom stereocenters. The van der Waals surface area contributed by atoms with Gasteiger partial charge in [-0.25, -0.2) is 0 Å². The van der Waals surface area contributed by atoms with Gasteiger partial charge in [0.25, 0.3) is 0 Å². The standard InChI is InChI=1S/C18H17NO/c1-14-9-11-16(12-10-14)19-18(17-8-5-13-20-17)15-6-3-2-4-7-15/h2-13,18-19H,1H3. The Hall–Kier alpha value is -2.48. The second-order valence-electron chi connectivity index (χ2n) is 4.87. The number of rotatable bonds is 4. The van der Waals surface area contributed by atoms with Crippen LogP contribution in [0.5, 0.6) is 0 Å². The van der Waals surface area contributed by atoms with Gasteiger partial charge >= 0.3 is 0 Å². The lowest BCUT2D eigenvalue weighted by atomic mass is 10.0. The Morgan fingerprint density at radius 3 is 2.25 bits per heavy atom. The van der Waals surface area contributed by atoms with E-state index in [0.29, 0.717) is 0 Å². The summed E-state index contributed by atoms with van der Waals surface area (Å²) in [5.41, 5.74) is 3.52. The van der Waals surface area contributed by atoms with Crippen LogP contribution in [0.4, 0.5) is 5.69 Å². The average Bonchev–Trinajstić information content (AvgIpc) is 3.01. The van der Waals surface area contributed by atoms with Crippen molar-refractivity contribution in [3.63, 3.8) is 0 Å². The van der Waals surface area contributed by atoms with Gasteiger partial charge in [-0.2, -0.15) is 0 Å². The number of nitrogens with one attached hydrogen (secondary N) is 1. The van der Waals surface area contributed by atoms with E-state index in [0.717, 1.165) is 11.4 Å². The molecule has 100 valence electrons. The molecule has 1 aromatic heterocycles. The topological polar surface area (TPSA) is 25.2 Å². The van der Waals surface area contributed by atoms with Gasteiger partial charge in [0.2, 0.25) is 0 Å². The van der Waals surface area contributed by atoms with Crippen LogP contribution in [0.15, 0.2) is 77.4 Å². The summed E-state index contributed by atoms with van der Waals surface area (Å²) in [5, 5.41) is 3.53. The Labute approximate surface area is 119 Å². The van der Waals surface area contributed by atoms with Crippen molar-refractivity contribution in [1.29, 1.82) is 0 Å². The molecule has 0 aliphatic rings. The molecule has 0 radical (unpaired) electrons. The van der Waals surface area contributed by atoms with Crippen molar-refractivity contribution in [2.75, 3.05) is 5.32 Å². The normalized spacial score (nSPS) is 12.1. The second kappa shape index (κ2) is 5.66. The molecule has 0 amide bonds. The molecule has 0 saturated heterocycles. The maximum Gasteiger partial charge on any atom is 0.130 e. The van der Waals surface area contributed by atoms with Gasteiger partial charge in [0, 0.05) is 5.69 Å². The third-order valence-corrected chi connectivity index (χ3v) is 3.32. The summed E-state index contributed by atoms with van der Waals surface area (Å²) < 4.78 is 5.58. The molecule has 1 heterocycles. The van der Waals surface area contributed by atoms with Crippen molar-refractivity contribution in [2.24, 2.45) is 0 Å². The highest BCUT2D eigenvalue weighted by Crippen LogP contribution is 2.27. The highest BCUT2D eigenvalue weighted by Gasteiger charge is 2.16. The lowest BCUT2D eigenvalue weighted by molar-refractivity contribution is 0.499. The van der Waals surface area contributed by atoms with E-state index in [4.69, 9.17) is 4.42 Å². The number of furan rings is 1. The molecule has 3 aromatic rings. The summed E-state index contributed by atoms with van der Waals surface area (Å²) in [5.74, 6) is 0.914. The van der Waals surface area contributed by atoms with Gasteiger partial charge in [-0.15, -0.1) is 0 Å². The minimum atomic E-state index is 0.0221. The molecule has 0 aliphatic carbocycles. The first kappa shape index (κ1) is 12.5. The number of hydrogen-bond donors (Lipinski definition) is 1. The zero-order chi connectivity index (χ0) is 13.8. The highest BCUT2D eigenvalue weighted by atomic mass is 16.3. The van der Waals surface area contributed by atoms with Crippen LogP contribution in [-0.4, -0.2) is 0 Å². The van der Waals surface area contributed by atoms with E-state index in [2.05, 4.69) is 48.6 Å². The summed E-state index contributed by atoms with van der Waals surface area (Å²) in [6.07, 6.45) is 1.71. The zero-order valence-electron chi connectivity index (χ0n) is 11.4. The van der Waals surface area contributed by atoms with Crippen LogP contribution in [0, 0.1) is 6.92 Å². The van der Waals surface area contributed by atoms with Gasteiger partial charge in [-0.1, -0.05) is 48.0 Å². The third-order valence-electron chi connectivity index (χ3n) is 3.32. The van der Waals surface area contributed by atoms with Crippen molar-refractivity contribution in [1.82, 2.24) is 0 Å². The lowest BCUT2D eigenvalue weighted by Gasteiger charge is -2.18. The van der Waals surface area contributed by atoms with Crippen molar-refractivity contribution in [2.45, 2.75) is 13.0 Å². The fourth-order valence-electron chi connectivity index (χ4n) is 2.24. The van der Waals surface area contributed by atoms with Crippen molar-refractivity contribution >= 4 is 5.69 Å². The van der Waals surface area contributed by atoms with E-state index >= 15 is 0 Å². The number of anilines is 1. The molecule has 20 heavy (non-hydrogen) atoms. The van der Waals surface area contributed by atoms with E-state index in [-0.39, 0.29) is 6.04 Å². The van der Waals surface area contributed by atoms with Crippen LogP contribution in [0.2, 0.25) is 0 Å². The van der Waals surface area contributed by atoms with Crippen LogP contribution in [0.25, 0.3) is 0 Å². The van der Waals surface area contributed by atoms with Gasteiger partial charge in [0.05, 0.1) is 6.26 Å². The molecule has 0 bridgehead atoms. The maximum atomic E-state index is 5.58. The van der Waals surface area contributed by atoms with Gasteiger partial charge < -0.3 is 9.73 Å². The Morgan fingerprint density at radius 1 is 0.850 bits per heavy atom. The fraction of sp³-hybridized carbons (Fsp3) is 0.111. The molecule has 2 heteroatoms. The number of benzene rings is 2. The summed E-state index contributed by atoms with van der Waals surface area (Å²) in [6, 6.07) is 22.7.